The molecule has 1 atom stereocenters. The first kappa shape index (κ1) is 20.2. The minimum atomic E-state index is -0.894. The van der Waals surface area contributed by atoms with Gasteiger partial charge in [-0.15, -0.1) is 0 Å². The van der Waals surface area contributed by atoms with Crippen molar-refractivity contribution >= 4 is 23.3 Å². The van der Waals surface area contributed by atoms with Crippen LogP contribution in [0.4, 0.5) is 5.82 Å². The highest BCUT2D eigenvalue weighted by Crippen LogP contribution is 2.43. The fourth-order valence-corrected chi connectivity index (χ4v) is 3.65. The van der Waals surface area contributed by atoms with E-state index >= 15 is 0 Å². The highest BCUT2D eigenvalue weighted by atomic mass is 16.5. The number of ether oxygens (including phenoxy) is 2. The summed E-state index contributed by atoms with van der Waals surface area (Å²) in [5, 5.41) is 11.0. The van der Waals surface area contributed by atoms with E-state index in [1.807, 2.05) is 0 Å². The Morgan fingerprint density at radius 1 is 0.935 bits per heavy atom. The molecule has 0 spiro atoms. The number of hydrogen-bond donors (Lipinski definition) is 1. The Labute approximate surface area is 179 Å². The predicted octanol–water partition coefficient (Wildman–Crippen LogP) is 3.73. The van der Waals surface area contributed by atoms with Crippen LogP contribution < -0.4 is 14.4 Å². The molecule has 1 N–H and O–H groups in total. The van der Waals surface area contributed by atoms with Crippen molar-refractivity contribution in [2.24, 2.45) is 0 Å². The van der Waals surface area contributed by atoms with Gasteiger partial charge in [0.05, 0.1) is 25.8 Å². The number of Topliss-reactive ketones (excluding diaryl/α,β-unsaturated/α-hetero) is 1. The van der Waals surface area contributed by atoms with Crippen LogP contribution >= 0.6 is 0 Å². The van der Waals surface area contributed by atoms with Gasteiger partial charge in [-0.1, -0.05) is 42.5 Å². The fourth-order valence-electron chi connectivity index (χ4n) is 3.65. The van der Waals surface area contributed by atoms with Gasteiger partial charge in [-0.3, -0.25) is 14.5 Å². The lowest BCUT2D eigenvalue weighted by atomic mass is 9.95. The van der Waals surface area contributed by atoms with Crippen LogP contribution in [0.1, 0.15) is 17.2 Å². The van der Waals surface area contributed by atoms with Crippen molar-refractivity contribution in [1.29, 1.82) is 0 Å². The summed E-state index contributed by atoms with van der Waals surface area (Å²) < 4.78 is 10.7. The molecular weight excluding hydrogens is 396 g/mol. The zero-order valence-corrected chi connectivity index (χ0v) is 17.0. The third-order valence-electron chi connectivity index (χ3n) is 5.11. The Balaban J connectivity index is 1.96. The maximum atomic E-state index is 13.1. The summed E-state index contributed by atoms with van der Waals surface area (Å²) in [5.74, 6) is -0.563. The minimum absolute atomic E-state index is 0.0194. The third-order valence-corrected chi connectivity index (χ3v) is 5.11. The normalized spacial score (nSPS) is 17.6. The Bertz CT molecular complexity index is 1160. The molecule has 7 nitrogen and oxygen atoms in total. The summed E-state index contributed by atoms with van der Waals surface area (Å²) >= 11 is 0. The van der Waals surface area contributed by atoms with Gasteiger partial charge in [0.25, 0.3) is 5.78 Å². The lowest BCUT2D eigenvalue weighted by Gasteiger charge is -2.25. The van der Waals surface area contributed by atoms with E-state index in [0.29, 0.717) is 28.4 Å². The molecule has 1 fully saturated rings. The molecule has 0 radical (unpaired) electrons. The summed E-state index contributed by atoms with van der Waals surface area (Å²) in [4.78, 5) is 31.7. The maximum Gasteiger partial charge on any atom is 0.301 e. The van der Waals surface area contributed by atoms with Gasteiger partial charge in [-0.2, -0.15) is 0 Å². The monoisotopic (exact) mass is 416 g/mol. The number of carbonyl (C=O) groups excluding carboxylic acids is 2. The Hall–Kier alpha value is -4.13. The van der Waals surface area contributed by atoms with E-state index in [4.69, 9.17) is 9.47 Å². The Kier molecular flexibility index (Phi) is 5.41. The number of anilines is 1. The first-order chi connectivity index (χ1) is 15.1. The predicted molar refractivity (Wildman–Crippen MR) is 115 cm³/mol. The van der Waals surface area contributed by atoms with E-state index in [1.54, 1.807) is 66.7 Å². The molecule has 0 saturated carbocycles. The molecule has 7 heteroatoms. The number of aliphatic hydroxyl groups is 1. The molecule has 3 aromatic rings. The Morgan fingerprint density at radius 3 is 2.29 bits per heavy atom. The SMILES string of the molecule is COc1ccc(C2C(=C(O)c3ccccc3)C(=O)C(=O)N2c2ccccn2)cc1OC. The molecule has 0 aliphatic carbocycles. The molecule has 1 aromatic heterocycles. The van der Waals surface area contributed by atoms with Crippen LogP contribution in [0.5, 0.6) is 11.5 Å². The molecule has 2 aromatic carbocycles. The third kappa shape index (κ3) is 3.50. The van der Waals surface area contributed by atoms with E-state index in [1.165, 1.54) is 25.3 Å². The van der Waals surface area contributed by atoms with Crippen LogP contribution in [-0.4, -0.2) is 36.0 Å². The smallest absolute Gasteiger partial charge is 0.301 e. The number of amides is 1. The van der Waals surface area contributed by atoms with Gasteiger partial charge in [-0.25, -0.2) is 4.98 Å². The Morgan fingerprint density at radius 2 is 1.65 bits per heavy atom. The number of aromatic nitrogens is 1. The molecule has 1 unspecified atom stereocenters. The highest BCUT2D eigenvalue weighted by molar-refractivity contribution is 6.51. The molecule has 1 amide bonds. The summed E-state index contributed by atoms with van der Waals surface area (Å²) in [6, 6.07) is 17.9. The van der Waals surface area contributed by atoms with Gasteiger partial charge < -0.3 is 14.6 Å². The van der Waals surface area contributed by atoms with Gasteiger partial charge in [0.1, 0.15) is 11.6 Å². The summed E-state index contributed by atoms with van der Waals surface area (Å²) in [7, 11) is 3.02. The molecule has 0 bridgehead atoms. The maximum absolute atomic E-state index is 13.1. The lowest BCUT2D eigenvalue weighted by molar-refractivity contribution is -0.132. The van der Waals surface area contributed by atoms with Crippen molar-refractivity contribution in [2.45, 2.75) is 6.04 Å². The number of benzene rings is 2. The van der Waals surface area contributed by atoms with Crippen molar-refractivity contribution in [3.8, 4) is 11.5 Å². The molecule has 4 rings (SSSR count). The number of hydrogen-bond acceptors (Lipinski definition) is 6. The topological polar surface area (TPSA) is 89.0 Å². The van der Waals surface area contributed by atoms with Crippen molar-refractivity contribution in [1.82, 2.24) is 4.98 Å². The van der Waals surface area contributed by atoms with E-state index in [-0.39, 0.29) is 11.3 Å². The molecule has 31 heavy (non-hydrogen) atoms. The first-order valence-corrected chi connectivity index (χ1v) is 9.56. The second kappa shape index (κ2) is 8.31. The van der Waals surface area contributed by atoms with Crippen LogP contribution in [0.15, 0.2) is 78.5 Å². The number of carbonyl (C=O) groups is 2. The fraction of sp³-hybridized carbons (Fsp3) is 0.125. The standard InChI is InChI=1S/C24H20N2O5/c1-30-17-12-11-16(14-18(17)31-2)21-20(22(27)15-8-4-3-5-9-15)23(28)24(29)26(21)19-10-6-7-13-25-19/h3-14,21,27H,1-2H3. The molecule has 1 aliphatic rings. The molecular formula is C24H20N2O5. The lowest BCUT2D eigenvalue weighted by Crippen LogP contribution is -2.30. The van der Waals surface area contributed by atoms with E-state index < -0.39 is 17.7 Å². The number of aliphatic hydroxyl groups excluding tert-OH is 1. The average Bonchev–Trinajstić information content (AvgIpc) is 3.09. The number of pyridine rings is 1. The van der Waals surface area contributed by atoms with E-state index in [2.05, 4.69) is 4.98 Å². The van der Waals surface area contributed by atoms with Crippen LogP contribution in [0, 0.1) is 0 Å². The number of rotatable bonds is 5. The summed E-state index contributed by atoms with van der Waals surface area (Å²) in [5.41, 5.74) is 0.987. The molecule has 2 heterocycles. The van der Waals surface area contributed by atoms with Crippen LogP contribution in [0.3, 0.4) is 0 Å². The molecule has 1 saturated heterocycles. The van der Waals surface area contributed by atoms with E-state index in [0.717, 1.165) is 0 Å². The second-order valence-electron chi connectivity index (χ2n) is 6.84. The summed E-state index contributed by atoms with van der Waals surface area (Å²) in [6.45, 7) is 0. The van der Waals surface area contributed by atoms with Crippen molar-refractivity contribution in [2.75, 3.05) is 19.1 Å². The number of nitrogens with zero attached hydrogens (tertiary/aromatic N) is 2. The van der Waals surface area contributed by atoms with Gasteiger partial charge >= 0.3 is 5.91 Å². The summed E-state index contributed by atoms with van der Waals surface area (Å²) in [6.07, 6.45) is 1.54. The zero-order chi connectivity index (χ0) is 22.0. The minimum Gasteiger partial charge on any atom is -0.507 e. The van der Waals surface area contributed by atoms with Crippen LogP contribution in [0.25, 0.3) is 5.76 Å². The molecule has 1 aliphatic heterocycles. The van der Waals surface area contributed by atoms with Gasteiger partial charge in [0.2, 0.25) is 0 Å². The number of ketones is 1. The van der Waals surface area contributed by atoms with Crippen molar-refractivity contribution in [3.63, 3.8) is 0 Å². The van der Waals surface area contributed by atoms with Crippen LogP contribution in [-0.2, 0) is 9.59 Å². The van der Waals surface area contributed by atoms with Crippen LogP contribution in [0.2, 0.25) is 0 Å². The zero-order valence-electron chi connectivity index (χ0n) is 17.0. The quantitative estimate of drug-likeness (QED) is 0.387. The van der Waals surface area contributed by atoms with Crippen molar-refractivity contribution in [3.05, 3.63) is 89.6 Å². The van der Waals surface area contributed by atoms with E-state index in [9.17, 15) is 14.7 Å². The van der Waals surface area contributed by atoms with Gasteiger partial charge in [-0.05, 0) is 29.8 Å². The number of methoxy groups -OCH3 is 2. The molecule has 156 valence electrons. The van der Waals surface area contributed by atoms with Gasteiger partial charge in [0.15, 0.2) is 11.5 Å². The first-order valence-electron chi connectivity index (χ1n) is 9.56. The van der Waals surface area contributed by atoms with Gasteiger partial charge in [0, 0.05) is 11.8 Å². The highest BCUT2D eigenvalue weighted by Gasteiger charge is 2.47. The van der Waals surface area contributed by atoms with Crippen molar-refractivity contribution < 1.29 is 24.2 Å². The average molecular weight is 416 g/mol. The largest absolute Gasteiger partial charge is 0.507 e. The second-order valence-corrected chi connectivity index (χ2v) is 6.84.